The van der Waals surface area contributed by atoms with E-state index in [4.69, 9.17) is 0 Å². The highest BCUT2D eigenvalue weighted by Crippen LogP contribution is 2.02. The molecular formula is C14H16N4O3. The summed E-state index contributed by atoms with van der Waals surface area (Å²) in [5, 5.41) is 6.30. The van der Waals surface area contributed by atoms with Crippen molar-refractivity contribution in [1.82, 2.24) is 20.0 Å². The number of nitrogens with zero attached hydrogens (tertiary/aromatic N) is 2. The Labute approximate surface area is 120 Å². The van der Waals surface area contributed by atoms with Crippen LogP contribution in [-0.4, -0.2) is 46.8 Å². The SMILES string of the molecule is O=C(Cn1[nH]c(=O)c2ccccc2c1=O)N1CCNCC1. The molecule has 1 saturated heterocycles. The zero-order chi connectivity index (χ0) is 14.8. The number of fused-ring (bicyclic) bond motifs is 1. The Kier molecular flexibility index (Phi) is 3.57. The normalized spacial score (nSPS) is 15.3. The molecule has 0 unspecified atom stereocenters. The number of carbonyl (C=O) groups is 1. The molecule has 0 atom stereocenters. The van der Waals surface area contributed by atoms with Crippen LogP contribution in [0.1, 0.15) is 0 Å². The van der Waals surface area contributed by atoms with Crippen LogP contribution in [0.2, 0.25) is 0 Å². The monoisotopic (exact) mass is 288 g/mol. The number of benzene rings is 1. The lowest BCUT2D eigenvalue weighted by atomic mass is 10.2. The maximum Gasteiger partial charge on any atom is 0.273 e. The first-order valence-electron chi connectivity index (χ1n) is 6.87. The van der Waals surface area contributed by atoms with E-state index in [1.54, 1.807) is 29.2 Å². The fraction of sp³-hybridized carbons (Fsp3) is 0.357. The highest BCUT2D eigenvalue weighted by Gasteiger charge is 2.18. The first-order valence-corrected chi connectivity index (χ1v) is 6.87. The van der Waals surface area contributed by atoms with Gasteiger partial charge in [0, 0.05) is 26.2 Å². The first kappa shape index (κ1) is 13.6. The Morgan fingerprint density at radius 1 is 1.10 bits per heavy atom. The van der Waals surface area contributed by atoms with Gasteiger partial charge in [0.25, 0.3) is 11.1 Å². The van der Waals surface area contributed by atoms with Gasteiger partial charge in [-0.3, -0.25) is 19.5 Å². The number of aromatic amines is 1. The lowest BCUT2D eigenvalue weighted by Crippen LogP contribution is -2.48. The molecule has 2 heterocycles. The summed E-state index contributed by atoms with van der Waals surface area (Å²) in [6.07, 6.45) is 0. The third-order valence-corrected chi connectivity index (χ3v) is 3.65. The largest absolute Gasteiger partial charge is 0.339 e. The quantitative estimate of drug-likeness (QED) is 0.751. The molecule has 1 amide bonds. The molecule has 7 heteroatoms. The van der Waals surface area contributed by atoms with Crippen LogP contribution in [0, 0.1) is 0 Å². The van der Waals surface area contributed by atoms with Gasteiger partial charge in [-0.25, -0.2) is 4.68 Å². The molecule has 110 valence electrons. The Morgan fingerprint density at radius 3 is 2.48 bits per heavy atom. The molecule has 21 heavy (non-hydrogen) atoms. The van der Waals surface area contributed by atoms with Crippen molar-refractivity contribution in [3.63, 3.8) is 0 Å². The van der Waals surface area contributed by atoms with Gasteiger partial charge < -0.3 is 10.2 Å². The lowest BCUT2D eigenvalue weighted by Gasteiger charge is -2.27. The zero-order valence-corrected chi connectivity index (χ0v) is 11.5. The average molecular weight is 288 g/mol. The van der Waals surface area contributed by atoms with Crippen LogP contribution in [-0.2, 0) is 11.3 Å². The average Bonchev–Trinajstić information content (AvgIpc) is 2.53. The van der Waals surface area contributed by atoms with E-state index in [1.807, 2.05) is 0 Å². The number of piperazine rings is 1. The number of aromatic nitrogens is 2. The van der Waals surface area contributed by atoms with Gasteiger partial charge in [0.15, 0.2) is 0 Å². The Balaban J connectivity index is 1.94. The topological polar surface area (TPSA) is 87.2 Å². The summed E-state index contributed by atoms with van der Waals surface area (Å²) in [4.78, 5) is 38.1. The third kappa shape index (κ3) is 2.59. The highest BCUT2D eigenvalue weighted by atomic mass is 16.2. The van der Waals surface area contributed by atoms with E-state index in [0.29, 0.717) is 23.9 Å². The molecule has 1 fully saturated rings. The molecule has 2 N–H and O–H groups in total. The number of hydrogen-bond donors (Lipinski definition) is 2. The smallest absolute Gasteiger partial charge is 0.273 e. The van der Waals surface area contributed by atoms with Gasteiger partial charge in [0.2, 0.25) is 5.91 Å². The summed E-state index contributed by atoms with van der Waals surface area (Å²) in [6, 6.07) is 6.59. The van der Waals surface area contributed by atoms with Gasteiger partial charge in [-0.2, -0.15) is 0 Å². The number of rotatable bonds is 2. The van der Waals surface area contributed by atoms with E-state index in [0.717, 1.165) is 17.8 Å². The van der Waals surface area contributed by atoms with Crippen LogP contribution in [0.3, 0.4) is 0 Å². The summed E-state index contributed by atoms with van der Waals surface area (Å²) in [6.45, 7) is 2.58. The van der Waals surface area contributed by atoms with Crippen molar-refractivity contribution in [2.45, 2.75) is 6.54 Å². The summed E-state index contributed by atoms with van der Waals surface area (Å²) in [7, 11) is 0. The van der Waals surface area contributed by atoms with Gasteiger partial charge in [0.1, 0.15) is 6.54 Å². The molecule has 0 aliphatic carbocycles. The molecule has 7 nitrogen and oxygen atoms in total. The zero-order valence-electron chi connectivity index (χ0n) is 11.5. The number of amides is 1. The number of nitrogens with one attached hydrogen (secondary N) is 2. The highest BCUT2D eigenvalue weighted by molar-refractivity contribution is 5.81. The molecule has 0 spiro atoms. The predicted molar refractivity (Wildman–Crippen MR) is 78.3 cm³/mol. The van der Waals surface area contributed by atoms with Crippen LogP contribution in [0.25, 0.3) is 10.8 Å². The van der Waals surface area contributed by atoms with E-state index < -0.39 is 0 Å². The van der Waals surface area contributed by atoms with Crippen LogP contribution < -0.4 is 16.4 Å². The molecule has 2 aromatic rings. The minimum atomic E-state index is -0.363. The lowest BCUT2D eigenvalue weighted by molar-refractivity contribution is -0.132. The van der Waals surface area contributed by atoms with Crippen molar-refractivity contribution in [2.75, 3.05) is 26.2 Å². The molecule has 0 radical (unpaired) electrons. The standard InChI is InChI=1S/C14H16N4O3/c19-12(17-7-5-15-6-8-17)9-18-14(21)11-4-2-1-3-10(11)13(20)16-18/h1-4,15H,5-9H2,(H,16,20). The summed E-state index contributed by atoms with van der Waals surface area (Å²) >= 11 is 0. The minimum absolute atomic E-state index is 0.140. The number of carbonyl (C=O) groups excluding carboxylic acids is 1. The van der Waals surface area contributed by atoms with Gasteiger partial charge in [-0.1, -0.05) is 12.1 Å². The van der Waals surface area contributed by atoms with Crippen molar-refractivity contribution < 1.29 is 4.79 Å². The van der Waals surface area contributed by atoms with E-state index in [2.05, 4.69) is 10.4 Å². The molecule has 1 aliphatic heterocycles. The van der Waals surface area contributed by atoms with Crippen molar-refractivity contribution in [3.05, 3.63) is 45.0 Å². The molecule has 0 bridgehead atoms. The van der Waals surface area contributed by atoms with Crippen LogP contribution in [0.4, 0.5) is 0 Å². The Bertz CT molecular complexity index is 787. The Hall–Kier alpha value is -2.41. The second kappa shape index (κ2) is 5.53. The second-order valence-corrected chi connectivity index (χ2v) is 5.01. The number of hydrogen-bond acceptors (Lipinski definition) is 4. The number of H-pyrrole nitrogens is 1. The van der Waals surface area contributed by atoms with Gasteiger partial charge in [-0.15, -0.1) is 0 Å². The van der Waals surface area contributed by atoms with E-state index in [9.17, 15) is 14.4 Å². The van der Waals surface area contributed by atoms with Crippen LogP contribution in [0.15, 0.2) is 33.9 Å². The van der Waals surface area contributed by atoms with Gasteiger partial charge in [0.05, 0.1) is 10.8 Å². The van der Waals surface area contributed by atoms with E-state index in [1.165, 1.54) is 0 Å². The maximum atomic E-state index is 12.3. The summed E-state index contributed by atoms with van der Waals surface area (Å²) in [5.41, 5.74) is -0.716. The molecule has 1 aromatic carbocycles. The van der Waals surface area contributed by atoms with Crippen molar-refractivity contribution in [3.8, 4) is 0 Å². The first-order chi connectivity index (χ1) is 10.2. The third-order valence-electron chi connectivity index (χ3n) is 3.65. The molecule has 1 aromatic heterocycles. The molecule has 1 aliphatic rings. The summed E-state index contributed by atoms with van der Waals surface area (Å²) in [5.74, 6) is -0.162. The molecule has 3 rings (SSSR count). The minimum Gasteiger partial charge on any atom is -0.339 e. The van der Waals surface area contributed by atoms with Gasteiger partial charge in [-0.05, 0) is 12.1 Å². The fourth-order valence-corrected chi connectivity index (χ4v) is 2.51. The summed E-state index contributed by atoms with van der Waals surface area (Å²) < 4.78 is 1.09. The van der Waals surface area contributed by atoms with Gasteiger partial charge >= 0.3 is 0 Å². The van der Waals surface area contributed by atoms with E-state index in [-0.39, 0.29) is 23.6 Å². The maximum absolute atomic E-state index is 12.3. The molecular weight excluding hydrogens is 272 g/mol. The Morgan fingerprint density at radius 2 is 1.76 bits per heavy atom. The van der Waals surface area contributed by atoms with Crippen molar-refractivity contribution in [2.24, 2.45) is 0 Å². The predicted octanol–water partition coefficient (Wildman–Crippen LogP) is -0.878. The molecule has 0 saturated carbocycles. The second-order valence-electron chi connectivity index (χ2n) is 5.01. The van der Waals surface area contributed by atoms with Crippen molar-refractivity contribution in [1.29, 1.82) is 0 Å². The fourth-order valence-electron chi connectivity index (χ4n) is 2.51. The van der Waals surface area contributed by atoms with E-state index >= 15 is 0 Å². The van der Waals surface area contributed by atoms with Crippen molar-refractivity contribution >= 4 is 16.7 Å². The van der Waals surface area contributed by atoms with Crippen LogP contribution >= 0.6 is 0 Å². The van der Waals surface area contributed by atoms with Crippen LogP contribution in [0.5, 0.6) is 0 Å².